The monoisotopic (exact) mass is 162 g/mol. The molecule has 1 N–H and O–H groups in total. The molecule has 0 aliphatic carbocycles. The van der Waals surface area contributed by atoms with Crippen LogP contribution in [0.3, 0.4) is 0 Å². The lowest BCUT2D eigenvalue weighted by molar-refractivity contribution is 0.507. The summed E-state index contributed by atoms with van der Waals surface area (Å²) < 4.78 is 10.6. The fraction of sp³-hybridized carbons (Fsp3) is 0.714. The van der Waals surface area contributed by atoms with E-state index in [-0.39, 0.29) is 0 Å². The molecular formula is C7H15O2P. The summed E-state index contributed by atoms with van der Waals surface area (Å²) in [5, 5.41) is 0.715. The van der Waals surface area contributed by atoms with Gasteiger partial charge in [0.25, 0.3) is 0 Å². The molecule has 60 valence electrons. The minimum Gasteiger partial charge on any atom is -0.343 e. The molecule has 3 heteroatoms. The average Bonchev–Trinajstić information content (AvgIpc) is 1.89. The Labute approximate surface area is 62.8 Å². The van der Waals surface area contributed by atoms with Crippen molar-refractivity contribution in [1.82, 2.24) is 0 Å². The maximum Gasteiger partial charge on any atom is 0.213 e. The van der Waals surface area contributed by atoms with Crippen molar-refractivity contribution in [2.75, 3.05) is 0 Å². The van der Waals surface area contributed by atoms with E-state index < -0.39 is 8.03 Å². The SMILES string of the molecule is CC=C(CCCC)[PH](=O)O. The van der Waals surface area contributed by atoms with E-state index in [1.165, 1.54) is 0 Å². The average molecular weight is 162 g/mol. The third-order valence-corrected chi connectivity index (χ3v) is 2.51. The van der Waals surface area contributed by atoms with Crippen LogP contribution in [-0.2, 0) is 4.57 Å². The Morgan fingerprint density at radius 2 is 2.30 bits per heavy atom. The molecule has 0 radical (unpaired) electrons. The number of unbranched alkanes of at least 4 members (excludes halogenated alkanes) is 1. The Morgan fingerprint density at radius 1 is 1.70 bits per heavy atom. The van der Waals surface area contributed by atoms with E-state index in [4.69, 9.17) is 4.89 Å². The topological polar surface area (TPSA) is 37.3 Å². The van der Waals surface area contributed by atoms with Crippen LogP contribution in [0.15, 0.2) is 11.4 Å². The molecule has 0 fully saturated rings. The number of hydrogen-bond acceptors (Lipinski definition) is 1. The highest BCUT2D eigenvalue weighted by Gasteiger charge is 1.99. The molecule has 0 bridgehead atoms. The zero-order valence-electron chi connectivity index (χ0n) is 6.55. The standard InChI is InChI=1S/C7H15O2P/c1-3-5-6-7(4-2)10(8)9/h4,10H,3,5-6H2,1-2H3,(H,8,9). The Kier molecular flexibility index (Phi) is 5.66. The highest BCUT2D eigenvalue weighted by Crippen LogP contribution is 2.30. The second-order valence-corrected chi connectivity index (χ2v) is 3.48. The normalized spacial score (nSPS) is 15.3. The molecule has 0 aliphatic rings. The van der Waals surface area contributed by atoms with Crippen LogP contribution in [0.4, 0.5) is 0 Å². The molecule has 0 aromatic heterocycles. The van der Waals surface area contributed by atoms with Crippen molar-refractivity contribution < 1.29 is 9.46 Å². The Balaban J connectivity index is 3.74. The van der Waals surface area contributed by atoms with Crippen LogP contribution in [0.5, 0.6) is 0 Å². The van der Waals surface area contributed by atoms with Crippen LogP contribution in [0, 0.1) is 0 Å². The van der Waals surface area contributed by atoms with E-state index in [1.54, 1.807) is 6.08 Å². The van der Waals surface area contributed by atoms with Crippen LogP contribution in [0.2, 0.25) is 0 Å². The number of rotatable bonds is 4. The maximum absolute atomic E-state index is 10.6. The van der Waals surface area contributed by atoms with Gasteiger partial charge in [0, 0.05) is 5.31 Å². The first-order chi connectivity index (χ1) is 4.72. The lowest BCUT2D eigenvalue weighted by Gasteiger charge is -1.99. The molecule has 2 nitrogen and oxygen atoms in total. The van der Waals surface area contributed by atoms with Gasteiger partial charge in [-0.15, -0.1) is 0 Å². The molecule has 10 heavy (non-hydrogen) atoms. The largest absolute Gasteiger partial charge is 0.343 e. The van der Waals surface area contributed by atoms with Crippen molar-refractivity contribution in [1.29, 1.82) is 0 Å². The Bertz CT molecular complexity index is 141. The summed E-state index contributed by atoms with van der Waals surface area (Å²) in [6.45, 7) is 3.88. The van der Waals surface area contributed by atoms with Crippen LogP contribution in [0.1, 0.15) is 33.1 Å². The lowest BCUT2D eigenvalue weighted by Crippen LogP contribution is -1.76. The minimum atomic E-state index is -2.39. The van der Waals surface area contributed by atoms with Gasteiger partial charge < -0.3 is 4.89 Å². The van der Waals surface area contributed by atoms with Crippen molar-refractivity contribution in [3.63, 3.8) is 0 Å². The van der Waals surface area contributed by atoms with E-state index in [1.807, 2.05) is 6.92 Å². The molecule has 1 unspecified atom stereocenters. The van der Waals surface area contributed by atoms with Gasteiger partial charge in [0.15, 0.2) is 0 Å². The Hall–Kier alpha value is -0.0700. The van der Waals surface area contributed by atoms with Gasteiger partial charge in [-0.05, 0) is 19.8 Å². The number of hydrogen-bond donors (Lipinski definition) is 1. The molecule has 0 saturated carbocycles. The highest BCUT2D eigenvalue weighted by molar-refractivity contribution is 7.43. The van der Waals surface area contributed by atoms with Crippen LogP contribution < -0.4 is 0 Å². The summed E-state index contributed by atoms with van der Waals surface area (Å²) in [4.78, 5) is 8.72. The predicted octanol–water partition coefficient (Wildman–Crippen LogP) is 2.55. The van der Waals surface area contributed by atoms with Gasteiger partial charge in [-0.1, -0.05) is 19.4 Å². The van der Waals surface area contributed by atoms with Crippen LogP contribution in [-0.4, -0.2) is 4.89 Å². The molecule has 0 saturated heterocycles. The summed E-state index contributed by atoms with van der Waals surface area (Å²) in [5.41, 5.74) is 0. The van der Waals surface area contributed by atoms with E-state index in [9.17, 15) is 4.57 Å². The van der Waals surface area contributed by atoms with Gasteiger partial charge in [0.2, 0.25) is 8.03 Å². The number of allylic oxidation sites excluding steroid dienone is 2. The van der Waals surface area contributed by atoms with E-state index >= 15 is 0 Å². The van der Waals surface area contributed by atoms with Gasteiger partial charge in [0.1, 0.15) is 0 Å². The summed E-state index contributed by atoms with van der Waals surface area (Å²) >= 11 is 0. The smallest absolute Gasteiger partial charge is 0.213 e. The minimum absolute atomic E-state index is 0.715. The van der Waals surface area contributed by atoms with Gasteiger partial charge >= 0.3 is 0 Å². The molecular weight excluding hydrogens is 147 g/mol. The predicted molar refractivity (Wildman–Crippen MR) is 44.5 cm³/mol. The van der Waals surface area contributed by atoms with Crippen LogP contribution in [0.25, 0.3) is 0 Å². The molecule has 0 aliphatic heterocycles. The van der Waals surface area contributed by atoms with Gasteiger partial charge in [-0.3, -0.25) is 4.57 Å². The zero-order valence-corrected chi connectivity index (χ0v) is 7.55. The van der Waals surface area contributed by atoms with Gasteiger partial charge in [-0.2, -0.15) is 0 Å². The summed E-state index contributed by atoms with van der Waals surface area (Å²) in [5.74, 6) is 0. The quantitative estimate of drug-likeness (QED) is 0.645. The highest BCUT2D eigenvalue weighted by atomic mass is 31.1. The first-order valence-corrected chi connectivity index (χ1v) is 4.96. The first kappa shape index (κ1) is 9.93. The van der Waals surface area contributed by atoms with Crippen molar-refractivity contribution in [2.45, 2.75) is 33.1 Å². The Morgan fingerprint density at radius 3 is 2.60 bits per heavy atom. The molecule has 0 heterocycles. The second kappa shape index (κ2) is 5.70. The van der Waals surface area contributed by atoms with E-state index in [0.29, 0.717) is 5.31 Å². The fourth-order valence-corrected chi connectivity index (χ4v) is 1.38. The lowest BCUT2D eigenvalue weighted by atomic mass is 10.2. The zero-order chi connectivity index (χ0) is 7.98. The van der Waals surface area contributed by atoms with Crippen molar-refractivity contribution in [3.8, 4) is 0 Å². The summed E-state index contributed by atoms with van der Waals surface area (Å²) in [6, 6.07) is 0. The molecule has 0 aromatic carbocycles. The molecule has 0 spiro atoms. The van der Waals surface area contributed by atoms with Gasteiger partial charge in [0.05, 0.1) is 0 Å². The molecule has 0 rings (SSSR count). The second-order valence-electron chi connectivity index (χ2n) is 2.22. The van der Waals surface area contributed by atoms with E-state index in [2.05, 4.69) is 6.92 Å². The molecule has 0 aromatic rings. The maximum atomic E-state index is 10.6. The van der Waals surface area contributed by atoms with Crippen molar-refractivity contribution in [2.24, 2.45) is 0 Å². The van der Waals surface area contributed by atoms with E-state index in [0.717, 1.165) is 19.3 Å². The third kappa shape index (κ3) is 3.86. The molecule has 0 amide bonds. The van der Waals surface area contributed by atoms with Crippen molar-refractivity contribution >= 4 is 8.03 Å². The van der Waals surface area contributed by atoms with Gasteiger partial charge in [-0.25, -0.2) is 0 Å². The summed E-state index contributed by atoms with van der Waals surface area (Å²) in [7, 11) is -2.39. The molecule has 1 atom stereocenters. The van der Waals surface area contributed by atoms with Crippen LogP contribution >= 0.6 is 8.03 Å². The first-order valence-electron chi connectivity index (χ1n) is 3.60. The summed E-state index contributed by atoms with van der Waals surface area (Å²) in [6.07, 6.45) is 4.61. The fourth-order valence-electron chi connectivity index (χ4n) is 0.742. The van der Waals surface area contributed by atoms with Crippen molar-refractivity contribution in [3.05, 3.63) is 11.4 Å². The third-order valence-electron chi connectivity index (χ3n) is 1.42.